The van der Waals surface area contributed by atoms with Gasteiger partial charge in [-0.2, -0.15) is 0 Å². The van der Waals surface area contributed by atoms with E-state index in [1.165, 1.54) is 12.3 Å². The van der Waals surface area contributed by atoms with Crippen LogP contribution in [0.25, 0.3) is 0 Å². The van der Waals surface area contributed by atoms with Crippen molar-refractivity contribution in [3.63, 3.8) is 0 Å². The molecule has 0 radical (unpaired) electrons. The van der Waals surface area contributed by atoms with Crippen LogP contribution in [0.1, 0.15) is 24.3 Å². The number of carbonyl (C=O) groups is 1. The number of allylic oxidation sites excluding steroid dienone is 1. The Morgan fingerprint density at radius 3 is 2.78 bits per heavy atom. The molecule has 1 unspecified atom stereocenters. The van der Waals surface area contributed by atoms with E-state index in [1.807, 2.05) is 31.2 Å². The number of benzene rings is 1. The minimum atomic E-state index is -0.548. The number of hydrogen-bond acceptors (Lipinski definition) is 4. The van der Waals surface area contributed by atoms with E-state index in [9.17, 15) is 9.90 Å². The first kappa shape index (κ1) is 16.8. The van der Waals surface area contributed by atoms with Crippen LogP contribution in [0.2, 0.25) is 0 Å². The van der Waals surface area contributed by atoms with Gasteiger partial charge in [0, 0.05) is 6.08 Å². The van der Waals surface area contributed by atoms with Crippen LogP contribution in [0, 0.1) is 0 Å². The number of aliphatic hydroxyl groups is 1. The lowest BCUT2D eigenvalue weighted by Gasteiger charge is -2.13. The maximum absolute atomic E-state index is 12.1. The minimum absolute atomic E-state index is 0.224. The Balaban J connectivity index is 2.01. The van der Waals surface area contributed by atoms with Gasteiger partial charge in [0.25, 0.3) is 0 Å². The fourth-order valence-corrected chi connectivity index (χ4v) is 2.33. The average Bonchev–Trinajstić information content (AvgIpc) is 3.07. The predicted molar refractivity (Wildman–Crippen MR) is 87.1 cm³/mol. The van der Waals surface area contributed by atoms with Gasteiger partial charge in [-0.1, -0.05) is 23.8 Å². The van der Waals surface area contributed by atoms with E-state index in [0.29, 0.717) is 12.2 Å². The number of carbonyl (C=O) groups excluding carboxylic acids is 1. The number of ether oxygens (including phenoxy) is 1. The summed E-state index contributed by atoms with van der Waals surface area (Å²) in [4.78, 5) is 12.1. The molecule has 2 aromatic rings. The molecule has 0 fully saturated rings. The van der Waals surface area contributed by atoms with Crippen molar-refractivity contribution in [3.8, 4) is 5.75 Å². The number of hydrogen-bond donors (Lipinski definition) is 2. The monoisotopic (exact) mass is 315 g/mol. The van der Waals surface area contributed by atoms with Crippen molar-refractivity contribution in [3.05, 3.63) is 65.6 Å². The lowest BCUT2D eigenvalue weighted by atomic mass is 10.0. The highest BCUT2D eigenvalue weighted by Gasteiger charge is 2.15. The van der Waals surface area contributed by atoms with Gasteiger partial charge in [0.1, 0.15) is 17.6 Å². The lowest BCUT2D eigenvalue weighted by molar-refractivity contribution is -0.117. The van der Waals surface area contributed by atoms with Crippen LogP contribution in [-0.2, 0) is 11.2 Å². The van der Waals surface area contributed by atoms with Gasteiger partial charge >= 0.3 is 0 Å². The van der Waals surface area contributed by atoms with Crippen molar-refractivity contribution in [1.82, 2.24) is 5.32 Å². The molecule has 0 aliphatic heterocycles. The van der Waals surface area contributed by atoms with Crippen LogP contribution in [0.15, 0.2) is 58.7 Å². The van der Waals surface area contributed by atoms with Crippen molar-refractivity contribution in [2.75, 3.05) is 13.7 Å². The molecule has 0 bridgehead atoms. The van der Waals surface area contributed by atoms with E-state index >= 15 is 0 Å². The minimum Gasteiger partial charge on any atom is -0.496 e. The highest BCUT2D eigenvalue weighted by Crippen LogP contribution is 2.20. The van der Waals surface area contributed by atoms with Gasteiger partial charge in [0.05, 0.1) is 20.0 Å². The van der Waals surface area contributed by atoms with Crippen LogP contribution < -0.4 is 10.1 Å². The van der Waals surface area contributed by atoms with E-state index in [-0.39, 0.29) is 12.5 Å². The molecule has 0 saturated heterocycles. The van der Waals surface area contributed by atoms with Crippen molar-refractivity contribution >= 4 is 5.91 Å². The number of para-hydroxylation sites is 1. The van der Waals surface area contributed by atoms with Crippen LogP contribution in [0.3, 0.4) is 0 Å². The van der Waals surface area contributed by atoms with Crippen molar-refractivity contribution < 1.29 is 19.1 Å². The number of amides is 1. The summed E-state index contributed by atoms with van der Waals surface area (Å²) in [5.41, 5.74) is 1.91. The van der Waals surface area contributed by atoms with E-state index in [4.69, 9.17) is 9.15 Å². The van der Waals surface area contributed by atoms with E-state index in [0.717, 1.165) is 16.9 Å². The quantitative estimate of drug-likeness (QED) is 0.771. The van der Waals surface area contributed by atoms with E-state index < -0.39 is 6.04 Å². The number of furan rings is 1. The highest BCUT2D eigenvalue weighted by atomic mass is 16.5. The SMILES string of the molecule is COc1ccccc1C/C(C)=C/C(=O)NC(CO)c1ccco1. The number of nitrogens with one attached hydrogen (secondary N) is 1. The third-order valence-electron chi connectivity index (χ3n) is 3.42. The Labute approximate surface area is 135 Å². The molecule has 5 nitrogen and oxygen atoms in total. The molecule has 23 heavy (non-hydrogen) atoms. The Morgan fingerprint density at radius 2 is 2.13 bits per heavy atom. The molecule has 5 heteroatoms. The zero-order valence-electron chi connectivity index (χ0n) is 13.3. The molecule has 2 N–H and O–H groups in total. The molecule has 2 rings (SSSR count). The summed E-state index contributed by atoms with van der Waals surface area (Å²) in [7, 11) is 1.62. The van der Waals surface area contributed by atoms with E-state index in [1.54, 1.807) is 19.2 Å². The molecule has 1 atom stereocenters. The Bertz CT molecular complexity index is 661. The molecule has 0 spiro atoms. The molecule has 0 saturated carbocycles. The highest BCUT2D eigenvalue weighted by molar-refractivity contribution is 5.88. The summed E-state index contributed by atoms with van der Waals surface area (Å²) in [5.74, 6) is 1.05. The molecule has 1 heterocycles. The predicted octanol–water partition coefficient (Wildman–Crippen LogP) is 2.63. The van der Waals surface area contributed by atoms with Gasteiger partial charge in [-0.15, -0.1) is 0 Å². The fraction of sp³-hybridized carbons (Fsp3) is 0.278. The maximum Gasteiger partial charge on any atom is 0.244 e. The molecule has 1 aromatic carbocycles. The summed E-state index contributed by atoms with van der Waals surface area (Å²) in [6, 6.07) is 10.6. The maximum atomic E-state index is 12.1. The third-order valence-corrected chi connectivity index (χ3v) is 3.42. The molecule has 1 aromatic heterocycles. The van der Waals surface area contributed by atoms with Crippen LogP contribution >= 0.6 is 0 Å². The Morgan fingerprint density at radius 1 is 1.35 bits per heavy atom. The van der Waals surface area contributed by atoms with Crippen LogP contribution in [0.4, 0.5) is 0 Å². The van der Waals surface area contributed by atoms with Crippen molar-refractivity contribution in [1.29, 1.82) is 0 Å². The molecule has 1 amide bonds. The molecule has 0 aliphatic rings. The van der Waals surface area contributed by atoms with Gasteiger partial charge in [0.2, 0.25) is 5.91 Å². The van der Waals surface area contributed by atoms with Crippen LogP contribution in [-0.4, -0.2) is 24.7 Å². The second-order valence-electron chi connectivity index (χ2n) is 5.24. The fourth-order valence-electron chi connectivity index (χ4n) is 2.33. The summed E-state index contributed by atoms with van der Waals surface area (Å²) in [6.07, 6.45) is 3.65. The van der Waals surface area contributed by atoms with E-state index in [2.05, 4.69) is 5.32 Å². The van der Waals surface area contributed by atoms with Gasteiger partial charge in [-0.05, 0) is 37.1 Å². The lowest BCUT2D eigenvalue weighted by Crippen LogP contribution is -2.29. The standard InChI is InChI=1S/C18H21NO4/c1-13(10-14-6-3-4-7-16(14)22-2)11-18(21)19-15(12-20)17-8-5-9-23-17/h3-9,11,15,20H,10,12H2,1-2H3,(H,19,21)/b13-11+. The molecule has 122 valence electrons. The zero-order valence-corrected chi connectivity index (χ0v) is 13.3. The topological polar surface area (TPSA) is 71.7 Å². The number of aliphatic hydroxyl groups excluding tert-OH is 1. The van der Waals surface area contributed by atoms with Gasteiger partial charge in [-0.3, -0.25) is 4.79 Å². The first-order valence-electron chi connectivity index (χ1n) is 7.38. The second-order valence-corrected chi connectivity index (χ2v) is 5.24. The van der Waals surface area contributed by atoms with Gasteiger partial charge in [-0.25, -0.2) is 0 Å². The molecular formula is C18H21NO4. The molecule has 0 aliphatic carbocycles. The van der Waals surface area contributed by atoms with Crippen molar-refractivity contribution in [2.45, 2.75) is 19.4 Å². The normalized spacial score (nSPS) is 12.7. The summed E-state index contributed by atoms with van der Waals surface area (Å²) >= 11 is 0. The largest absolute Gasteiger partial charge is 0.496 e. The number of methoxy groups -OCH3 is 1. The summed E-state index contributed by atoms with van der Waals surface area (Å²) < 4.78 is 10.5. The third kappa shape index (κ3) is 4.72. The van der Waals surface area contributed by atoms with Gasteiger partial charge in [0.15, 0.2) is 0 Å². The first-order chi connectivity index (χ1) is 11.1. The average molecular weight is 315 g/mol. The first-order valence-corrected chi connectivity index (χ1v) is 7.38. The molecular weight excluding hydrogens is 294 g/mol. The summed E-state index contributed by atoms with van der Waals surface area (Å²) in [6.45, 7) is 1.66. The zero-order chi connectivity index (χ0) is 16.7. The smallest absolute Gasteiger partial charge is 0.244 e. The summed E-state index contributed by atoms with van der Waals surface area (Å²) in [5, 5.41) is 12.1. The second kappa shape index (κ2) is 8.19. The Kier molecular flexibility index (Phi) is 6.00. The van der Waals surface area contributed by atoms with Crippen LogP contribution in [0.5, 0.6) is 5.75 Å². The van der Waals surface area contributed by atoms with Gasteiger partial charge < -0.3 is 19.6 Å². The van der Waals surface area contributed by atoms with Crippen molar-refractivity contribution in [2.24, 2.45) is 0 Å². The number of rotatable bonds is 7. The Hall–Kier alpha value is -2.53.